The molecule has 1 aromatic heterocycles. The molecule has 2 aromatic rings. The average molecular weight is 272 g/mol. The number of carbonyl (C=O) groups is 1. The van der Waals surface area contributed by atoms with Gasteiger partial charge < -0.3 is 10.6 Å². The van der Waals surface area contributed by atoms with Gasteiger partial charge in [0.05, 0.1) is 5.56 Å². The lowest BCUT2D eigenvalue weighted by Gasteiger charge is -2.22. The maximum Gasteiger partial charge on any atom is 0.256 e. The van der Waals surface area contributed by atoms with Gasteiger partial charge >= 0.3 is 0 Å². The van der Waals surface area contributed by atoms with E-state index < -0.39 is 0 Å². The Morgan fingerprint density at radius 2 is 2.11 bits per heavy atom. The molecule has 1 heterocycles. The third-order valence-corrected chi connectivity index (χ3v) is 4.10. The highest BCUT2D eigenvalue weighted by Gasteiger charge is 2.33. The van der Waals surface area contributed by atoms with Gasteiger partial charge in [0.25, 0.3) is 5.91 Å². The molecule has 0 aliphatic heterocycles. The van der Waals surface area contributed by atoms with Crippen LogP contribution in [0.2, 0.25) is 0 Å². The third-order valence-electron chi connectivity index (χ3n) is 3.37. The highest BCUT2D eigenvalue weighted by atomic mass is 32.1. The fraction of sp³-hybridized carbons (Fsp3) is 0.267. The van der Waals surface area contributed by atoms with Crippen molar-refractivity contribution in [1.82, 2.24) is 4.90 Å². The standard InChI is InChI=1S/C15H16N2OS/c16-14-4-2-1-3-13(14)15(18)17(12-5-6-12)9-11-7-8-19-10-11/h1-4,7-8,10,12H,5-6,9,16H2. The zero-order valence-corrected chi connectivity index (χ0v) is 11.4. The lowest BCUT2D eigenvalue weighted by molar-refractivity contribution is 0.0731. The summed E-state index contributed by atoms with van der Waals surface area (Å²) in [6.07, 6.45) is 2.20. The van der Waals surface area contributed by atoms with Crippen molar-refractivity contribution in [1.29, 1.82) is 0 Å². The first kappa shape index (κ1) is 12.2. The van der Waals surface area contributed by atoms with E-state index in [-0.39, 0.29) is 5.91 Å². The number of carbonyl (C=O) groups excluding carboxylic acids is 1. The largest absolute Gasteiger partial charge is 0.398 e. The summed E-state index contributed by atoms with van der Waals surface area (Å²) in [5, 5.41) is 4.14. The molecule has 1 fully saturated rings. The Kier molecular flexibility index (Phi) is 3.25. The number of benzene rings is 1. The highest BCUT2D eigenvalue weighted by molar-refractivity contribution is 7.07. The number of nitrogens with two attached hydrogens (primary N) is 1. The van der Waals surface area contributed by atoms with Crippen LogP contribution in [-0.2, 0) is 6.54 Å². The zero-order valence-electron chi connectivity index (χ0n) is 10.6. The summed E-state index contributed by atoms with van der Waals surface area (Å²) in [6, 6.07) is 9.75. The molecule has 4 heteroatoms. The van der Waals surface area contributed by atoms with E-state index in [2.05, 4.69) is 11.4 Å². The Balaban J connectivity index is 1.84. The monoisotopic (exact) mass is 272 g/mol. The summed E-state index contributed by atoms with van der Waals surface area (Å²) in [6.45, 7) is 0.682. The normalized spacial score (nSPS) is 14.3. The number of hydrogen-bond acceptors (Lipinski definition) is 3. The van der Waals surface area contributed by atoms with Gasteiger partial charge in [-0.15, -0.1) is 0 Å². The van der Waals surface area contributed by atoms with Crippen LogP contribution in [0, 0.1) is 0 Å². The van der Waals surface area contributed by atoms with Crippen molar-refractivity contribution in [3.05, 3.63) is 52.2 Å². The molecule has 0 spiro atoms. The summed E-state index contributed by atoms with van der Waals surface area (Å²) >= 11 is 1.66. The second-order valence-corrected chi connectivity index (χ2v) is 5.66. The summed E-state index contributed by atoms with van der Waals surface area (Å²) in [5.74, 6) is 0.0480. The van der Waals surface area contributed by atoms with Crippen LogP contribution in [-0.4, -0.2) is 16.8 Å². The van der Waals surface area contributed by atoms with E-state index in [1.165, 1.54) is 5.56 Å². The topological polar surface area (TPSA) is 46.3 Å². The molecule has 0 atom stereocenters. The third kappa shape index (κ3) is 2.63. The summed E-state index contributed by atoms with van der Waals surface area (Å²) in [7, 11) is 0. The maximum atomic E-state index is 12.6. The van der Waals surface area contributed by atoms with Gasteiger partial charge in [-0.2, -0.15) is 11.3 Å². The summed E-state index contributed by atoms with van der Waals surface area (Å²) in [4.78, 5) is 14.6. The van der Waals surface area contributed by atoms with Gasteiger partial charge in [-0.25, -0.2) is 0 Å². The van der Waals surface area contributed by atoms with E-state index in [0.717, 1.165) is 12.8 Å². The Bertz CT molecular complexity index is 576. The molecule has 1 aromatic carbocycles. The van der Waals surface area contributed by atoms with E-state index in [4.69, 9.17) is 5.73 Å². The van der Waals surface area contributed by atoms with Crippen LogP contribution >= 0.6 is 11.3 Å². The summed E-state index contributed by atoms with van der Waals surface area (Å²) < 4.78 is 0. The van der Waals surface area contributed by atoms with Crippen molar-refractivity contribution >= 4 is 22.9 Å². The molecule has 19 heavy (non-hydrogen) atoms. The van der Waals surface area contributed by atoms with Gasteiger partial charge in [0.15, 0.2) is 0 Å². The van der Waals surface area contributed by atoms with Crippen LogP contribution in [0.3, 0.4) is 0 Å². The smallest absolute Gasteiger partial charge is 0.256 e. The van der Waals surface area contributed by atoms with Crippen molar-refractivity contribution < 1.29 is 4.79 Å². The number of hydrogen-bond donors (Lipinski definition) is 1. The molecule has 0 radical (unpaired) electrons. The minimum atomic E-state index is 0.0480. The zero-order chi connectivity index (χ0) is 13.2. The Hall–Kier alpha value is -1.81. The van der Waals surface area contributed by atoms with Crippen molar-refractivity contribution in [3.63, 3.8) is 0 Å². The van der Waals surface area contributed by atoms with Crippen LogP contribution in [0.15, 0.2) is 41.1 Å². The minimum absolute atomic E-state index is 0.0480. The predicted octanol–water partition coefficient (Wildman–Crippen LogP) is 3.14. The molecule has 0 saturated heterocycles. The van der Waals surface area contributed by atoms with Gasteiger partial charge in [0.2, 0.25) is 0 Å². The first-order chi connectivity index (χ1) is 9.25. The molecule has 2 N–H and O–H groups in total. The Labute approximate surface area is 116 Å². The van der Waals surface area contributed by atoms with E-state index in [9.17, 15) is 4.79 Å². The number of rotatable bonds is 4. The van der Waals surface area contributed by atoms with Crippen molar-refractivity contribution in [2.45, 2.75) is 25.4 Å². The van der Waals surface area contributed by atoms with Crippen LogP contribution in [0.5, 0.6) is 0 Å². The maximum absolute atomic E-state index is 12.6. The first-order valence-corrected chi connectivity index (χ1v) is 7.36. The number of nitrogens with zero attached hydrogens (tertiary/aromatic N) is 1. The fourth-order valence-electron chi connectivity index (χ4n) is 2.18. The van der Waals surface area contributed by atoms with Crippen LogP contribution < -0.4 is 5.73 Å². The van der Waals surface area contributed by atoms with Crippen LogP contribution in [0.4, 0.5) is 5.69 Å². The van der Waals surface area contributed by atoms with E-state index in [1.807, 2.05) is 22.4 Å². The molecule has 3 rings (SSSR count). The second kappa shape index (κ2) is 5.05. The molecule has 1 saturated carbocycles. The average Bonchev–Trinajstić information content (AvgIpc) is 3.13. The number of nitrogen functional groups attached to an aromatic ring is 1. The van der Waals surface area contributed by atoms with Gasteiger partial charge in [0, 0.05) is 18.3 Å². The van der Waals surface area contributed by atoms with Crippen LogP contribution in [0.1, 0.15) is 28.8 Å². The molecular weight excluding hydrogens is 256 g/mol. The first-order valence-electron chi connectivity index (χ1n) is 6.42. The van der Waals surface area contributed by atoms with Crippen molar-refractivity contribution in [3.8, 4) is 0 Å². The Morgan fingerprint density at radius 3 is 2.74 bits per heavy atom. The summed E-state index contributed by atoms with van der Waals surface area (Å²) in [5.41, 5.74) is 8.28. The molecule has 3 nitrogen and oxygen atoms in total. The van der Waals surface area contributed by atoms with E-state index in [0.29, 0.717) is 23.8 Å². The number of para-hydroxylation sites is 1. The number of thiophene rings is 1. The highest BCUT2D eigenvalue weighted by Crippen LogP contribution is 2.31. The lowest BCUT2D eigenvalue weighted by atomic mass is 10.1. The second-order valence-electron chi connectivity index (χ2n) is 4.88. The van der Waals surface area contributed by atoms with Gasteiger partial charge in [-0.3, -0.25) is 4.79 Å². The van der Waals surface area contributed by atoms with Crippen molar-refractivity contribution in [2.75, 3.05) is 5.73 Å². The minimum Gasteiger partial charge on any atom is -0.398 e. The van der Waals surface area contributed by atoms with Gasteiger partial charge in [-0.1, -0.05) is 12.1 Å². The molecule has 0 unspecified atom stereocenters. The number of amides is 1. The Morgan fingerprint density at radius 1 is 1.32 bits per heavy atom. The molecule has 0 bridgehead atoms. The fourth-order valence-corrected chi connectivity index (χ4v) is 2.84. The van der Waals surface area contributed by atoms with Crippen LogP contribution in [0.25, 0.3) is 0 Å². The molecule has 1 amide bonds. The van der Waals surface area contributed by atoms with Gasteiger partial charge in [-0.05, 0) is 47.4 Å². The molecule has 1 aliphatic rings. The SMILES string of the molecule is Nc1ccccc1C(=O)N(Cc1ccsc1)C1CC1. The quantitative estimate of drug-likeness (QED) is 0.869. The van der Waals surface area contributed by atoms with E-state index >= 15 is 0 Å². The number of anilines is 1. The van der Waals surface area contributed by atoms with Gasteiger partial charge in [0.1, 0.15) is 0 Å². The molecule has 1 aliphatic carbocycles. The molecule has 98 valence electrons. The lowest BCUT2D eigenvalue weighted by Crippen LogP contribution is -2.32. The van der Waals surface area contributed by atoms with Crippen molar-refractivity contribution in [2.24, 2.45) is 0 Å². The predicted molar refractivity (Wildman–Crippen MR) is 78.1 cm³/mol. The van der Waals surface area contributed by atoms with E-state index in [1.54, 1.807) is 23.5 Å². The molecular formula is C15H16N2OS.